The molecule has 2 aromatic carbocycles. The molecule has 0 bridgehead atoms. The average Bonchev–Trinajstić information content (AvgIpc) is 2.57. The molecule has 0 saturated heterocycles. The Hall–Kier alpha value is -1.18. The van der Waals surface area contributed by atoms with Crippen molar-refractivity contribution >= 4 is 48.9 Å². The van der Waals surface area contributed by atoms with Crippen LogP contribution in [0.5, 0.6) is 0 Å². The van der Waals surface area contributed by atoms with Gasteiger partial charge < -0.3 is 18.9 Å². The molecule has 24 heavy (non-hydrogen) atoms. The van der Waals surface area contributed by atoms with Gasteiger partial charge in [0.05, 0.1) is 0 Å². The molecule has 0 aliphatic rings. The molecule has 0 amide bonds. The Morgan fingerprint density at radius 2 is 1.21 bits per heavy atom. The average molecular weight is 382 g/mol. The first-order valence-corrected chi connectivity index (χ1v) is 10.3. The quantitative estimate of drug-likeness (QED) is 0.602. The third kappa shape index (κ3) is 12.3. The molecule has 0 aromatic heterocycles. The van der Waals surface area contributed by atoms with Crippen molar-refractivity contribution in [2.45, 2.75) is 11.7 Å². The molecule has 2 unspecified atom stereocenters. The third-order valence-corrected chi connectivity index (χ3v) is 4.28. The molecule has 9 heteroatoms. The molecular formula is C15H17AlO6P2. The van der Waals surface area contributed by atoms with E-state index in [1.165, 1.54) is 0 Å². The molecule has 6 nitrogen and oxygen atoms in total. The van der Waals surface area contributed by atoms with Crippen molar-refractivity contribution in [3.8, 4) is 0 Å². The summed E-state index contributed by atoms with van der Waals surface area (Å²) in [6.07, 6.45) is 0.255. The molecule has 2 rings (SSSR count). The van der Waals surface area contributed by atoms with Gasteiger partial charge in [0.25, 0.3) is 0 Å². The van der Waals surface area contributed by atoms with Gasteiger partial charge >= 0.3 is 43.9 Å². The summed E-state index contributed by atoms with van der Waals surface area (Å²) in [5, 5.41) is 9.36. The van der Waals surface area contributed by atoms with Crippen LogP contribution >= 0.6 is 16.1 Å². The largest absolute Gasteiger partial charge is 0.798 e. The Morgan fingerprint density at radius 1 is 0.875 bits per heavy atom. The van der Waals surface area contributed by atoms with Crippen LogP contribution in [-0.4, -0.2) is 27.4 Å². The number of benzene rings is 2. The molecule has 1 N–H and O–H groups in total. The van der Waals surface area contributed by atoms with Crippen molar-refractivity contribution in [3.63, 3.8) is 0 Å². The van der Waals surface area contributed by atoms with Crippen LogP contribution in [0.3, 0.4) is 0 Å². The van der Waals surface area contributed by atoms with Crippen molar-refractivity contribution in [2.24, 2.45) is 0 Å². The third-order valence-electron chi connectivity index (χ3n) is 2.38. The maximum absolute atomic E-state index is 10.3. The van der Waals surface area contributed by atoms with Crippen LogP contribution in [0.2, 0.25) is 5.28 Å². The summed E-state index contributed by atoms with van der Waals surface area (Å²) < 4.78 is 20.6. The Morgan fingerprint density at radius 3 is 1.33 bits per heavy atom. The zero-order valence-corrected chi connectivity index (χ0v) is 15.9. The van der Waals surface area contributed by atoms with Crippen LogP contribution < -0.4 is 20.4 Å². The van der Waals surface area contributed by atoms with Crippen molar-refractivity contribution in [2.75, 3.05) is 0 Å². The number of rotatable bonds is 4. The zero-order valence-electron chi connectivity index (χ0n) is 12.8. The first-order chi connectivity index (χ1) is 11.4. The summed E-state index contributed by atoms with van der Waals surface area (Å²) in [6.45, 7) is 0. The predicted molar refractivity (Wildman–Crippen MR) is 93.0 cm³/mol. The van der Waals surface area contributed by atoms with Crippen LogP contribution in [-0.2, 0) is 13.9 Å². The first-order valence-electron chi connectivity index (χ1n) is 6.83. The van der Waals surface area contributed by atoms with Crippen LogP contribution in [0, 0.1) is 0 Å². The summed E-state index contributed by atoms with van der Waals surface area (Å²) in [5.41, 5.74) is 0. The second kappa shape index (κ2) is 14.2. The summed E-state index contributed by atoms with van der Waals surface area (Å²) in [4.78, 5) is 30.1. The van der Waals surface area contributed by atoms with Gasteiger partial charge in [0, 0.05) is 16.1 Å². The van der Waals surface area contributed by atoms with E-state index >= 15 is 0 Å². The first kappa shape index (κ1) is 22.8. The number of hydrogen-bond acceptors (Lipinski definition) is 5. The Kier molecular flexibility index (Phi) is 13.5. The van der Waals surface area contributed by atoms with E-state index in [1.54, 1.807) is 60.7 Å². The van der Waals surface area contributed by atoms with Gasteiger partial charge in [-0.15, -0.1) is 0 Å². The second-order valence-corrected chi connectivity index (χ2v) is 7.12. The maximum atomic E-state index is 10.3. The zero-order chi connectivity index (χ0) is 18.4. The van der Waals surface area contributed by atoms with Gasteiger partial charge in [-0.25, -0.2) is 0 Å². The second-order valence-electron chi connectivity index (χ2n) is 4.24. The van der Waals surface area contributed by atoms with Crippen molar-refractivity contribution in [1.29, 1.82) is 0 Å². The van der Waals surface area contributed by atoms with E-state index in [2.05, 4.69) is 16.3 Å². The molecule has 2 aromatic rings. The monoisotopic (exact) mass is 382 g/mol. The number of carbonyl (C=O) groups is 1. The summed E-state index contributed by atoms with van der Waals surface area (Å²) in [5.74, 6) is -0.731. The van der Waals surface area contributed by atoms with E-state index in [4.69, 9.17) is 5.11 Å². The smallest absolute Gasteiger partial charge is 0.0306 e. The normalized spacial score (nSPS) is 11.8. The van der Waals surface area contributed by atoms with Gasteiger partial charge in [-0.2, -0.15) is 0 Å². The maximum Gasteiger partial charge on any atom is 0.0306 e. The topological polar surface area (TPSA) is 118 Å². The van der Waals surface area contributed by atoms with E-state index in [1.807, 2.05) is 0 Å². The summed E-state index contributed by atoms with van der Waals surface area (Å²) in [7, 11) is -5.42. The molecule has 0 saturated carbocycles. The minimum Gasteiger partial charge on any atom is -0.798 e. The van der Waals surface area contributed by atoms with Crippen molar-refractivity contribution < 1.29 is 28.8 Å². The van der Waals surface area contributed by atoms with Crippen molar-refractivity contribution in [3.05, 3.63) is 60.7 Å². The van der Waals surface area contributed by atoms with Crippen LogP contribution in [0.15, 0.2) is 60.7 Å². The van der Waals surface area contributed by atoms with E-state index in [0.29, 0.717) is 15.9 Å². The Bertz CT molecular complexity index is 587. The number of carboxylic acids is 1. The molecule has 0 aliphatic carbocycles. The van der Waals surface area contributed by atoms with Crippen LogP contribution in [0.4, 0.5) is 0 Å². The molecule has 0 aliphatic heterocycles. The molecule has 0 heterocycles. The van der Waals surface area contributed by atoms with Gasteiger partial charge in [-0.05, 0) is 10.6 Å². The molecular weight excluding hydrogens is 365 g/mol. The van der Waals surface area contributed by atoms with Gasteiger partial charge in [0.15, 0.2) is 0 Å². The van der Waals surface area contributed by atoms with Crippen LogP contribution in [0.1, 0.15) is 6.42 Å². The minimum absolute atomic E-state index is 0.255. The fourth-order valence-corrected chi connectivity index (χ4v) is 2.45. The molecule has 2 atom stereocenters. The molecule has 0 radical (unpaired) electrons. The van der Waals surface area contributed by atoms with E-state index in [-0.39, 0.29) is 6.42 Å². The molecule has 126 valence electrons. The van der Waals surface area contributed by atoms with Crippen LogP contribution in [0.25, 0.3) is 0 Å². The Balaban J connectivity index is 0.000000340. The molecule has 0 spiro atoms. The van der Waals surface area contributed by atoms with Gasteiger partial charge in [0.2, 0.25) is 0 Å². The number of carboxylic acid groups (broad SMARTS) is 1. The SMILES string of the molecule is O=C(O)C[CH2][Al+2].O=[PH]([O-])c1ccccc1.O=[PH]([O-])c1ccccc1. The standard InChI is InChI=1S/2C6H7O2P.C3H5O2.Al/c2*7-9(8)6-4-2-1-3-5-6;1-2-3(4)5;/h2*1-5,9H,(H,7,8);1-2H2,(H,4,5);/q;;;+2/p-2. The fourth-order valence-electron chi connectivity index (χ4n) is 1.27. The Labute approximate surface area is 150 Å². The summed E-state index contributed by atoms with van der Waals surface area (Å²) >= 11 is 2.34. The molecule has 0 fully saturated rings. The van der Waals surface area contributed by atoms with Gasteiger partial charge in [-0.1, -0.05) is 60.7 Å². The predicted octanol–water partition coefficient (Wildman–Crippen LogP) is 0.342. The van der Waals surface area contributed by atoms with E-state index in [0.717, 1.165) is 0 Å². The van der Waals surface area contributed by atoms with Gasteiger partial charge in [-0.3, -0.25) is 0 Å². The fraction of sp³-hybridized carbons (Fsp3) is 0.133. The van der Waals surface area contributed by atoms with E-state index in [9.17, 15) is 23.7 Å². The number of hydrogen-bond donors (Lipinski definition) is 1. The summed E-state index contributed by atoms with van der Waals surface area (Å²) in [6, 6.07) is 16.7. The minimum atomic E-state index is -2.71. The van der Waals surface area contributed by atoms with E-state index < -0.39 is 22.0 Å². The van der Waals surface area contributed by atoms with Crippen molar-refractivity contribution in [1.82, 2.24) is 0 Å². The van der Waals surface area contributed by atoms with Gasteiger partial charge in [0.1, 0.15) is 0 Å². The number of aliphatic carboxylic acids is 1.